The number of pyridine rings is 1. The second-order valence-corrected chi connectivity index (χ2v) is 6.58. The molecule has 0 amide bonds. The van der Waals surface area contributed by atoms with Crippen LogP contribution in [-0.2, 0) is 4.79 Å². The van der Waals surface area contributed by atoms with Crippen LogP contribution in [0.5, 0.6) is 11.5 Å². The smallest absolute Gasteiger partial charge is 0.323 e. The van der Waals surface area contributed by atoms with Gasteiger partial charge in [-0.05, 0) is 30.3 Å². The Balaban J connectivity index is 2.21. The number of rotatable bonds is 6. The number of carbonyl (C=O) groups is 1. The van der Waals surface area contributed by atoms with Crippen molar-refractivity contribution in [1.29, 1.82) is 0 Å². The Morgan fingerprint density at radius 2 is 1.89 bits per heavy atom. The molecule has 1 aromatic heterocycles. The monoisotopic (exact) mass is 396 g/mol. The molecule has 0 saturated carbocycles. The van der Waals surface area contributed by atoms with Crippen LogP contribution in [0.2, 0.25) is 0 Å². The normalized spacial score (nSPS) is 10.5. The Morgan fingerprint density at radius 3 is 2.57 bits per heavy atom. The minimum absolute atomic E-state index is 0.187. The number of ether oxygens (including phenoxy) is 2. The number of nitrogens with zero attached hydrogens (tertiary/aromatic N) is 2. The van der Waals surface area contributed by atoms with Gasteiger partial charge in [0.25, 0.3) is 0 Å². The van der Waals surface area contributed by atoms with Gasteiger partial charge in [-0.15, -0.1) is 0 Å². The molecule has 2 aromatic carbocycles. The molecule has 144 valence electrons. The number of aliphatic carboxylic acids is 1. The Bertz CT molecular complexity index is 1050. The lowest BCUT2D eigenvalue weighted by Gasteiger charge is -2.20. The Kier molecular flexibility index (Phi) is 5.75. The fourth-order valence-corrected chi connectivity index (χ4v) is 3.22. The minimum Gasteiger partial charge on any atom is -0.497 e. The Labute approximate surface area is 168 Å². The predicted molar refractivity (Wildman–Crippen MR) is 112 cm³/mol. The van der Waals surface area contributed by atoms with E-state index in [-0.39, 0.29) is 6.54 Å². The van der Waals surface area contributed by atoms with Gasteiger partial charge >= 0.3 is 5.97 Å². The van der Waals surface area contributed by atoms with Gasteiger partial charge in [0.2, 0.25) is 0 Å². The standard InChI is InChI=1S/C21H20N2O4S/c1-23(12-20(24)25)21(28)15-11-18(22-17-7-5-4-6-14(15)17)16-10-13(26-2)8-9-19(16)27-3/h4-11H,12H2,1-3H3,(H,24,25). The van der Waals surface area contributed by atoms with Crippen molar-refractivity contribution >= 4 is 34.1 Å². The molecule has 0 aliphatic rings. The highest BCUT2D eigenvalue weighted by molar-refractivity contribution is 7.80. The van der Waals surface area contributed by atoms with Gasteiger partial charge < -0.3 is 19.5 Å². The summed E-state index contributed by atoms with van der Waals surface area (Å²) in [6, 6.07) is 15.0. The summed E-state index contributed by atoms with van der Waals surface area (Å²) in [6.45, 7) is -0.187. The molecule has 0 radical (unpaired) electrons. The predicted octanol–water partition coefficient (Wildman–Crippen LogP) is 3.61. The van der Waals surface area contributed by atoms with Crippen LogP contribution in [-0.4, -0.2) is 53.8 Å². The van der Waals surface area contributed by atoms with Gasteiger partial charge in [-0.1, -0.05) is 30.4 Å². The molecule has 1 heterocycles. The fourth-order valence-electron chi connectivity index (χ4n) is 2.98. The summed E-state index contributed by atoms with van der Waals surface area (Å²) in [6.07, 6.45) is 0. The number of thiocarbonyl (C=S) groups is 1. The van der Waals surface area contributed by atoms with Crippen molar-refractivity contribution in [1.82, 2.24) is 9.88 Å². The van der Waals surface area contributed by atoms with E-state index in [1.165, 1.54) is 4.90 Å². The van der Waals surface area contributed by atoms with E-state index < -0.39 is 5.97 Å². The third kappa shape index (κ3) is 3.89. The number of methoxy groups -OCH3 is 2. The zero-order valence-corrected chi connectivity index (χ0v) is 16.6. The number of carboxylic acids is 1. The summed E-state index contributed by atoms with van der Waals surface area (Å²) in [5, 5.41) is 9.96. The van der Waals surface area contributed by atoms with E-state index in [0.717, 1.165) is 22.0 Å². The second kappa shape index (κ2) is 8.22. The molecule has 0 unspecified atom stereocenters. The maximum atomic E-state index is 11.1. The molecular weight excluding hydrogens is 376 g/mol. The third-order valence-electron chi connectivity index (χ3n) is 4.35. The highest BCUT2D eigenvalue weighted by atomic mass is 32.1. The highest BCUT2D eigenvalue weighted by Crippen LogP contribution is 2.34. The zero-order chi connectivity index (χ0) is 20.3. The first-order valence-electron chi connectivity index (χ1n) is 8.54. The van der Waals surface area contributed by atoms with Crippen LogP contribution >= 0.6 is 12.2 Å². The molecular formula is C21H20N2O4S. The molecule has 0 atom stereocenters. The fraction of sp³-hybridized carbons (Fsp3) is 0.190. The van der Waals surface area contributed by atoms with Crippen molar-refractivity contribution in [2.24, 2.45) is 0 Å². The van der Waals surface area contributed by atoms with Crippen molar-refractivity contribution in [3.8, 4) is 22.8 Å². The van der Waals surface area contributed by atoms with Gasteiger partial charge in [-0.25, -0.2) is 4.98 Å². The number of para-hydroxylation sites is 1. The number of carboxylic acid groups (broad SMARTS) is 1. The van der Waals surface area contributed by atoms with Crippen LogP contribution in [0.15, 0.2) is 48.5 Å². The summed E-state index contributed by atoms with van der Waals surface area (Å²) in [4.78, 5) is 17.8. The lowest BCUT2D eigenvalue weighted by atomic mass is 10.0. The summed E-state index contributed by atoms with van der Waals surface area (Å²) < 4.78 is 10.8. The number of aromatic nitrogens is 1. The molecule has 1 N–H and O–H groups in total. The maximum Gasteiger partial charge on any atom is 0.323 e. The van der Waals surface area contributed by atoms with E-state index in [9.17, 15) is 4.79 Å². The second-order valence-electron chi connectivity index (χ2n) is 6.19. The average molecular weight is 396 g/mol. The lowest BCUT2D eigenvalue weighted by Crippen LogP contribution is -2.31. The average Bonchev–Trinajstić information content (AvgIpc) is 2.71. The van der Waals surface area contributed by atoms with Crippen molar-refractivity contribution in [3.63, 3.8) is 0 Å². The molecule has 0 fully saturated rings. The minimum atomic E-state index is -0.946. The van der Waals surface area contributed by atoms with E-state index in [1.54, 1.807) is 21.3 Å². The molecule has 0 aliphatic heterocycles. The zero-order valence-electron chi connectivity index (χ0n) is 15.8. The number of likely N-dealkylation sites (N-methyl/N-ethyl adjacent to an activating group) is 1. The van der Waals surface area contributed by atoms with Crippen LogP contribution < -0.4 is 9.47 Å². The van der Waals surface area contributed by atoms with Crippen LogP contribution in [0.1, 0.15) is 5.56 Å². The Hall–Kier alpha value is -3.19. The van der Waals surface area contributed by atoms with Crippen LogP contribution in [0.3, 0.4) is 0 Å². The van der Waals surface area contributed by atoms with Crippen LogP contribution in [0, 0.1) is 0 Å². The number of benzene rings is 2. The molecule has 3 aromatic rings. The van der Waals surface area contributed by atoms with Crippen molar-refractivity contribution in [2.45, 2.75) is 0 Å². The number of hydrogen-bond acceptors (Lipinski definition) is 5. The van der Waals surface area contributed by atoms with Gasteiger partial charge in [0, 0.05) is 23.6 Å². The maximum absolute atomic E-state index is 11.1. The van der Waals surface area contributed by atoms with E-state index in [4.69, 9.17) is 31.8 Å². The van der Waals surface area contributed by atoms with Crippen molar-refractivity contribution < 1.29 is 19.4 Å². The molecule has 3 rings (SSSR count). The van der Waals surface area contributed by atoms with E-state index in [2.05, 4.69) is 0 Å². The largest absolute Gasteiger partial charge is 0.497 e. The quantitative estimate of drug-likeness (QED) is 0.638. The van der Waals surface area contributed by atoms with Gasteiger partial charge in [0.15, 0.2) is 0 Å². The van der Waals surface area contributed by atoms with Gasteiger partial charge in [-0.3, -0.25) is 4.79 Å². The van der Waals surface area contributed by atoms with Gasteiger partial charge in [0.05, 0.1) is 25.4 Å². The van der Waals surface area contributed by atoms with Crippen molar-refractivity contribution in [2.75, 3.05) is 27.8 Å². The van der Waals surface area contributed by atoms with Crippen LogP contribution in [0.25, 0.3) is 22.2 Å². The lowest BCUT2D eigenvalue weighted by molar-refractivity contribution is -0.137. The number of hydrogen-bond donors (Lipinski definition) is 1. The number of fused-ring (bicyclic) bond motifs is 1. The van der Waals surface area contributed by atoms with Crippen molar-refractivity contribution in [3.05, 3.63) is 54.1 Å². The van der Waals surface area contributed by atoms with E-state index in [0.29, 0.717) is 22.2 Å². The molecule has 7 heteroatoms. The first-order valence-corrected chi connectivity index (χ1v) is 8.95. The van der Waals surface area contributed by atoms with E-state index in [1.807, 2.05) is 48.5 Å². The molecule has 0 spiro atoms. The topological polar surface area (TPSA) is 71.9 Å². The van der Waals surface area contributed by atoms with Crippen LogP contribution in [0.4, 0.5) is 0 Å². The third-order valence-corrected chi connectivity index (χ3v) is 4.88. The molecule has 0 aliphatic carbocycles. The highest BCUT2D eigenvalue weighted by Gasteiger charge is 2.17. The SMILES string of the molecule is COc1ccc(OC)c(-c2cc(C(=S)N(C)CC(=O)O)c3ccccc3n2)c1. The summed E-state index contributed by atoms with van der Waals surface area (Å²) in [5.41, 5.74) is 2.92. The molecule has 28 heavy (non-hydrogen) atoms. The molecule has 6 nitrogen and oxygen atoms in total. The molecule has 0 bridgehead atoms. The molecule has 0 saturated heterocycles. The summed E-state index contributed by atoms with van der Waals surface area (Å²) in [7, 11) is 4.86. The summed E-state index contributed by atoms with van der Waals surface area (Å²) >= 11 is 5.59. The summed E-state index contributed by atoms with van der Waals surface area (Å²) in [5.74, 6) is 0.384. The van der Waals surface area contributed by atoms with Gasteiger partial charge in [-0.2, -0.15) is 0 Å². The van der Waals surface area contributed by atoms with Gasteiger partial charge in [0.1, 0.15) is 23.0 Å². The first-order chi connectivity index (χ1) is 13.4. The Morgan fingerprint density at radius 1 is 1.14 bits per heavy atom. The van der Waals surface area contributed by atoms with E-state index >= 15 is 0 Å². The first kappa shape index (κ1) is 19.6.